The summed E-state index contributed by atoms with van der Waals surface area (Å²) in [5.74, 6) is 0. The second-order valence-corrected chi connectivity index (χ2v) is 4.02. The molecule has 1 heterocycles. The Hall–Kier alpha value is -1.54. The highest BCUT2D eigenvalue weighted by atomic mass is 15.0. The Balaban J connectivity index is 2.27. The third kappa shape index (κ3) is 2.17. The van der Waals surface area contributed by atoms with E-state index >= 15 is 0 Å². The van der Waals surface area contributed by atoms with Crippen LogP contribution in [-0.2, 0) is 6.54 Å². The van der Waals surface area contributed by atoms with Crippen LogP contribution in [0, 0.1) is 0 Å². The molecule has 84 valence electrons. The second-order valence-electron chi connectivity index (χ2n) is 4.02. The van der Waals surface area contributed by atoms with E-state index in [2.05, 4.69) is 65.5 Å². The van der Waals surface area contributed by atoms with Crippen LogP contribution in [0.25, 0.3) is 0 Å². The Morgan fingerprint density at radius 3 is 2.56 bits per heavy atom. The smallest absolute Gasteiger partial charge is 0.0555 e. The van der Waals surface area contributed by atoms with Gasteiger partial charge >= 0.3 is 0 Å². The minimum Gasteiger partial charge on any atom is -0.343 e. The van der Waals surface area contributed by atoms with Crippen molar-refractivity contribution in [3.8, 4) is 0 Å². The van der Waals surface area contributed by atoms with E-state index in [1.54, 1.807) is 0 Å². The van der Waals surface area contributed by atoms with Crippen molar-refractivity contribution in [1.29, 1.82) is 0 Å². The van der Waals surface area contributed by atoms with E-state index in [1.165, 1.54) is 11.3 Å². The minimum atomic E-state index is 0.388. The lowest BCUT2D eigenvalue weighted by Crippen LogP contribution is -2.14. The summed E-state index contributed by atoms with van der Waals surface area (Å²) in [5, 5.41) is 3.20. The summed E-state index contributed by atoms with van der Waals surface area (Å²) in [6.45, 7) is 3.14. The Labute approximate surface area is 96.9 Å². The first-order valence-electron chi connectivity index (χ1n) is 5.68. The van der Waals surface area contributed by atoms with Crippen molar-refractivity contribution in [2.75, 3.05) is 7.05 Å². The average molecular weight is 214 g/mol. The van der Waals surface area contributed by atoms with Crippen LogP contribution in [0.4, 0.5) is 0 Å². The lowest BCUT2D eigenvalue weighted by atomic mass is 10.1. The lowest BCUT2D eigenvalue weighted by molar-refractivity contribution is 0.596. The molecule has 1 N–H and O–H groups in total. The molecule has 0 radical (unpaired) electrons. The summed E-state index contributed by atoms with van der Waals surface area (Å²) >= 11 is 0. The standard InChI is InChI=1S/C14H18N2/c1-12(13-7-4-3-5-8-13)16-10-6-9-14(16)11-15-2/h3-10,12,15H,11H2,1-2H3. The first-order chi connectivity index (χ1) is 7.83. The van der Waals surface area contributed by atoms with Crippen LogP contribution in [0.5, 0.6) is 0 Å². The topological polar surface area (TPSA) is 17.0 Å². The summed E-state index contributed by atoms with van der Waals surface area (Å²) in [5.41, 5.74) is 2.66. The highest BCUT2D eigenvalue weighted by Crippen LogP contribution is 2.19. The van der Waals surface area contributed by atoms with Crippen LogP contribution in [0.1, 0.15) is 24.2 Å². The van der Waals surface area contributed by atoms with E-state index in [0.717, 1.165) is 6.54 Å². The third-order valence-electron chi connectivity index (χ3n) is 2.92. The Bertz CT molecular complexity index is 431. The van der Waals surface area contributed by atoms with E-state index < -0.39 is 0 Å². The maximum absolute atomic E-state index is 3.20. The van der Waals surface area contributed by atoms with Gasteiger partial charge in [0.2, 0.25) is 0 Å². The molecule has 0 aliphatic carbocycles. The summed E-state index contributed by atoms with van der Waals surface area (Å²) < 4.78 is 2.31. The van der Waals surface area contributed by atoms with Crippen LogP contribution in [0.2, 0.25) is 0 Å². The zero-order valence-corrected chi connectivity index (χ0v) is 9.85. The van der Waals surface area contributed by atoms with Gasteiger partial charge in [0.05, 0.1) is 6.04 Å². The molecular weight excluding hydrogens is 196 g/mol. The summed E-state index contributed by atoms with van der Waals surface area (Å²) in [4.78, 5) is 0. The number of benzene rings is 1. The number of nitrogens with zero attached hydrogens (tertiary/aromatic N) is 1. The van der Waals surface area contributed by atoms with E-state index in [-0.39, 0.29) is 0 Å². The van der Waals surface area contributed by atoms with E-state index in [9.17, 15) is 0 Å². The lowest BCUT2D eigenvalue weighted by Gasteiger charge is -2.17. The summed E-state index contributed by atoms with van der Waals surface area (Å²) in [7, 11) is 1.98. The molecule has 1 atom stereocenters. The fourth-order valence-corrected chi connectivity index (χ4v) is 2.03. The van der Waals surface area contributed by atoms with Crippen LogP contribution in [0.3, 0.4) is 0 Å². The van der Waals surface area contributed by atoms with Crippen LogP contribution < -0.4 is 5.32 Å². The molecule has 0 bridgehead atoms. The van der Waals surface area contributed by atoms with E-state index in [0.29, 0.717) is 6.04 Å². The first-order valence-corrected chi connectivity index (χ1v) is 5.68. The van der Waals surface area contributed by atoms with Crippen molar-refractivity contribution in [1.82, 2.24) is 9.88 Å². The molecule has 2 nitrogen and oxygen atoms in total. The van der Waals surface area contributed by atoms with Gasteiger partial charge in [-0.3, -0.25) is 0 Å². The SMILES string of the molecule is CNCc1cccn1C(C)c1ccccc1. The molecule has 2 aromatic rings. The van der Waals surface area contributed by atoms with Crippen molar-refractivity contribution in [2.45, 2.75) is 19.5 Å². The zero-order chi connectivity index (χ0) is 11.4. The molecule has 0 spiro atoms. The van der Waals surface area contributed by atoms with Gasteiger partial charge in [-0.25, -0.2) is 0 Å². The van der Waals surface area contributed by atoms with Gasteiger partial charge in [-0.05, 0) is 31.7 Å². The molecule has 0 amide bonds. The number of hydrogen-bond donors (Lipinski definition) is 1. The van der Waals surface area contributed by atoms with Gasteiger partial charge < -0.3 is 9.88 Å². The van der Waals surface area contributed by atoms with Gasteiger partial charge in [0, 0.05) is 18.4 Å². The third-order valence-corrected chi connectivity index (χ3v) is 2.92. The largest absolute Gasteiger partial charge is 0.343 e. The maximum atomic E-state index is 3.20. The molecule has 0 fully saturated rings. The fourth-order valence-electron chi connectivity index (χ4n) is 2.03. The van der Waals surface area contributed by atoms with Crippen molar-refractivity contribution in [3.05, 3.63) is 59.9 Å². The Kier molecular flexibility index (Phi) is 3.42. The number of rotatable bonds is 4. The van der Waals surface area contributed by atoms with Gasteiger partial charge in [-0.1, -0.05) is 30.3 Å². The monoisotopic (exact) mass is 214 g/mol. The second kappa shape index (κ2) is 4.99. The molecule has 1 aromatic heterocycles. The molecular formula is C14H18N2. The quantitative estimate of drug-likeness (QED) is 0.828. The molecule has 0 aliphatic heterocycles. The van der Waals surface area contributed by atoms with Crippen molar-refractivity contribution in [3.63, 3.8) is 0 Å². The van der Waals surface area contributed by atoms with Crippen molar-refractivity contribution < 1.29 is 0 Å². The van der Waals surface area contributed by atoms with Gasteiger partial charge in [0.25, 0.3) is 0 Å². The number of hydrogen-bond acceptors (Lipinski definition) is 1. The predicted molar refractivity (Wildman–Crippen MR) is 67.5 cm³/mol. The Morgan fingerprint density at radius 1 is 1.12 bits per heavy atom. The molecule has 2 rings (SSSR count). The highest BCUT2D eigenvalue weighted by Gasteiger charge is 2.09. The molecule has 1 aromatic carbocycles. The maximum Gasteiger partial charge on any atom is 0.0555 e. The minimum absolute atomic E-state index is 0.388. The van der Waals surface area contributed by atoms with Crippen molar-refractivity contribution >= 4 is 0 Å². The highest BCUT2D eigenvalue weighted by molar-refractivity contribution is 5.21. The van der Waals surface area contributed by atoms with E-state index in [1.807, 2.05) is 7.05 Å². The van der Waals surface area contributed by atoms with Gasteiger partial charge in [0.1, 0.15) is 0 Å². The first kappa shape index (κ1) is 11.0. The summed E-state index contributed by atoms with van der Waals surface area (Å²) in [6, 6.07) is 15.2. The Morgan fingerprint density at radius 2 is 1.88 bits per heavy atom. The molecule has 0 saturated carbocycles. The van der Waals surface area contributed by atoms with Gasteiger partial charge in [0.15, 0.2) is 0 Å². The van der Waals surface area contributed by atoms with Crippen LogP contribution >= 0.6 is 0 Å². The number of nitrogens with one attached hydrogen (secondary N) is 1. The molecule has 0 saturated heterocycles. The van der Waals surface area contributed by atoms with Crippen LogP contribution in [-0.4, -0.2) is 11.6 Å². The predicted octanol–water partition coefficient (Wildman–Crippen LogP) is 2.82. The van der Waals surface area contributed by atoms with Gasteiger partial charge in [-0.15, -0.1) is 0 Å². The molecule has 16 heavy (non-hydrogen) atoms. The molecule has 0 aliphatic rings. The summed E-state index contributed by atoms with van der Waals surface area (Å²) in [6.07, 6.45) is 2.14. The zero-order valence-electron chi connectivity index (χ0n) is 9.85. The van der Waals surface area contributed by atoms with Crippen molar-refractivity contribution in [2.24, 2.45) is 0 Å². The fraction of sp³-hybridized carbons (Fsp3) is 0.286. The normalized spacial score (nSPS) is 12.6. The molecule has 1 unspecified atom stereocenters. The van der Waals surface area contributed by atoms with E-state index in [4.69, 9.17) is 0 Å². The average Bonchev–Trinajstić information content (AvgIpc) is 2.78. The van der Waals surface area contributed by atoms with Crippen LogP contribution in [0.15, 0.2) is 48.7 Å². The van der Waals surface area contributed by atoms with Gasteiger partial charge in [-0.2, -0.15) is 0 Å². The molecule has 2 heteroatoms. The number of aromatic nitrogens is 1.